The molecule has 0 rings (SSSR count). The van der Waals surface area contributed by atoms with E-state index in [0.717, 1.165) is 17.9 Å². The van der Waals surface area contributed by atoms with E-state index in [1.807, 2.05) is 0 Å². The smallest absolute Gasteiger partial charge is 0.0159 e. The first-order valence-corrected chi connectivity index (χ1v) is 5.10. The molecule has 0 aliphatic carbocycles. The summed E-state index contributed by atoms with van der Waals surface area (Å²) >= 11 is 3.43. The van der Waals surface area contributed by atoms with Crippen LogP contribution in [0.1, 0.15) is 26.7 Å². The first-order valence-electron chi connectivity index (χ1n) is 3.98. The molecule has 0 bridgehead atoms. The maximum atomic E-state index is 3.43. The summed E-state index contributed by atoms with van der Waals surface area (Å²) < 4.78 is 0. The molecule has 0 saturated carbocycles. The second kappa shape index (κ2) is 6.17. The van der Waals surface area contributed by atoms with Gasteiger partial charge in [-0.25, -0.2) is 0 Å². The first-order chi connectivity index (χ1) is 4.72. The molecule has 0 spiro atoms. The highest BCUT2D eigenvalue weighted by molar-refractivity contribution is 9.09. The van der Waals surface area contributed by atoms with Crippen LogP contribution in [0, 0.1) is 0 Å². The van der Waals surface area contributed by atoms with E-state index < -0.39 is 0 Å². The molecule has 0 aliphatic rings. The average molecular weight is 208 g/mol. The zero-order valence-corrected chi connectivity index (χ0v) is 8.82. The van der Waals surface area contributed by atoms with Gasteiger partial charge >= 0.3 is 0 Å². The van der Waals surface area contributed by atoms with E-state index in [4.69, 9.17) is 0 Å². The molecule has 0 aromatic heterocycles. The highest BCUT2D eigenvalue weighted by Gasteiger charge is 2.05. The van der Waals surface area contributed by atoms with Crippen molar-refractivity contribution in [1.29, 1.82) is 0 Å². The lowest BCUT2D eigenvalue weighted by molar-refractivity contribution is 0.260. The van der Waals surface area contributed by atoms with Crippen molar-refractivity contribution in [2.45, 2.75) is 32.7 Å². The van der Waals surface area contributed by atoms with Gasteiger partial charge in [0.1, 0.15) is 0 Å². The fourth-order valence-corrected chi connectivity index (χ4v) is 1.55. The van der Waals surface area contributed by atoms with Crippen molar-refractivity contribution in [1.82, 2.24) is 4.90 Å². The van der Waals surface area contributed by atoms with Crippen molar-refractivity contribution >= 4 is 15.9 Å². The topological polar surface area (TPSA) is 3.24 Å². The molecule has 0 fully saturated rings. The van der Waals surface area contributed by atoms with Gasteiger partial charge in [-0.15, -0.1) is 0 Å². The third kappa shape index (κ3) is 4.29. The third-order valence-electron chi connectivity index (χ3n) is 1.90. The summed E-state index contributed by atoms with van der Waals surface area (Å²) in [5, 5.41) is 1.08. The fraction of sp³-hybridized carbons (Fsp3) is 1.00. The van der Waals surface area contributed by atoms with Gasteiger partial charge in [0.2, 0.25) is 0 Å². The molecule has 1 nitrogen and oxygen atoms in total. The van der Waals surface area contributed by atoms with Gasteiger partial charge in [0.25, 0.3) is 0 Å². The average Bonchev–Trinajstić information content (AvgIpc) is 1.89. The van der Waals surface area contributed by atoms with E-state index in [2.05, 4.69) is 41.7 Å². The van der Waals surface area contributed by atoms with Crippen LogP contribution in [0.25, 0.3) is 0 Å². The van der Waals surface area contributed by atoms with Crippen molar-refractivity contribution in [3.8, 4) is 0 Å². The Labute approximate surface area is 72.9 Å². The molecule has 0 amide bonds. The molecule has 1 atom stereocenters. The monoisotopic (exact) mass is 207 g/mol. The molecule has 0 aliphatic heterocycles. The third-order valence-corrected chi connectivity index (χ3v) is 2.25. The SMILES string of the molecule is CCCC(C)N(C)CCBr. The van der Waals surface area contributed by atoms with Gasteiger partial charge in [0.15, 0.2) is 0 Å². The van der Waals surface area contributed by atoms with Crippen molar-refractivity contribution in [2.75, 3.05) is 18.9 Å². The van der Waals surface area contributed by atoms with E-state index in [1.54, 1.807) is 0 Å². The molecule has 0 aromatic carbocycles. The minimum absolute atomic E-state index is 0.738. The van der Waals surface area contributed by atoms with Crippen molar-refractivity contribution in [2.24, 2.45) is 0 Å². The van der Waals surface area contributed by atoms with E-state index in [-0.39, 0.29) is 0 Å². The summed E-state index contributed by atoms with van der Waals surface area (Å²) in [6.45, 7) is 5.67. The molecular weight excluding hydrogens is 190 g/mol. The normalized spacial score (nSPS) is 14.1. The Hall–Kier alpha value is 0.440. The van der Waals surface area contributed by atoms with Crippen LogP contribution in [0.4, 0.5) is 0 Å². The molecule has 10 heavy (non-hydrogen) atoms. The number of rotatable bonds is 5. The number of nitrogens with zero attached hydrogens (tertiary/aromatic N) is 1. The zero-order valence-electron chi connectivity index (χ0n) is 7.23. The highest BCUT2D eigenvalue weighted by Crippen LogP contribution is 2.03. The lowest BCUT2D eigenvalue weighted by atomic mass is 10.2. The summed E-state index contributed by atoms with van der Waals surface area (Å²) in [6.07, 6.45) is 2.59. The van der Waals surface area contributed by atoms with E-state index in [1.165, 1.54) is 12.8 Å². The summed E-state index contributed by atoms with van der Waals surface area (Å²) in [7, 11) is 2.18. The van der Waals surface area contributed by atoms with Gasteiger partial charge in [-0.3, -0.25) is 0 Å². The van der Waals surface area contributed by atoms with Gasteiger partial charge in [-0.1, -0.05) is 29.3 Å². The quantitative estimate of drug-likeness (QED) is 0.627. The van der Waals surface area contributed by atoms with Gasteiger partial charge in [0.05, 0.1) is 0 Å². The molecule has 0 aromatic rings. The maximum Gasteiger partial charge on any atom is 0.0159 e. The lowest BCUT2D eigenvalue weighted by Gasteiger charge is -2.22. The van der Waals surface area contributed by atoms with Crippen LogP contribution in [0.15, 0.2) is 0 Å². The van der Waals surface area contributed by atoms with Crippen LogP contribution in [0.2, 0.25) is 0 Å². The number of hydrogen-bond acceptors (Lipinski definition) is 1. The van der Waals surface area contributed by atoms with Gasteiger partial charge in [0, 0.05) is 17.9 Å². The molecule has 0 radical (unpaired) electrons. The van der Waals surface area contributed by atoms with Crippen LogP contribution < -0.4 is 0 Å². The Morgan fingerprint density at radius 3 is 2.50 bits per heavy atom. The predicted molar refractivity (Wildman–Crippen MR) is 50.8 cm³/mol. The number of hydrogen-bond donors (Lipinski definition) is 0. The van der Waals surface area contributed by atoms with Gasteiger partial charge in [-0.2, -0.15) is 0 Å². The Kier molecular flexibility index (Phi) is 6.44. The van der Waals surface area contributed by atoms with Crippen LogP contribution in [0.3, 0.4) is 0 Å². The molecule has 0 N–H and O–H groups in total. The van der Waals surface area contributed by atoms with Crippen LogP contribution in [-0.4, -0.2) is 29.9 Å². The van der Waals surface area contributed by atoms with Gasteiger partial charge < -0.3 is 4.90 Å². The minimum Gasteiger partial charge on any atom is -0.303 e. The lowest BCUT2D eigenvalue weighted by Crippen LogP contribution is -2.30. The molecule has 0 saturated heterocycles. The van der Waals surface area contributed by atoms with Crippen LogP contribution in [0.5, 0.6) is 0 Å². The standard InChI is InChI=1S/C8H18BrN/c1-4-5-8(2)10(3)7-6-9/h8H,4-7H2,1-3H3. The van der Waals surface area contributed by atoms with Crippen molar-refractivity contribution in [3.05, 3.63) is 0 Å². The summed E-state index contributed by atoms with van der Waals surface area (Å²) in [6, 6.07) is 0.738. The molecule has 2 heteroatoms. The van der Waals surface area contributed by atoms with Crippen molar-refractivity contribution < 1.29 is 0 Å². The largest absolute Gasteiger partial charge is 0.303 e. The fourth-order valence-electron chi connectivity index (χ4n) is 0.992. The van der Waals surface area contributed by atoms with E-state index in [9.17, 15) is 0 Å². The molecule has 1 unspecified atom stereocenters. The predicted octanol–water partition coefficient (Wildman–Crippen LogP) is 2.50. The van der Waals surface area contributed by atoms with Crippen LogP contribution in [-0.2, 0) is 0 Å². The number of halogens is 1. The summed E-state index contributed by atoms with van der Waals surface area (Å²) in [5.41, 5.74) is 0. The molecule has 0 heterocycles. The summed E-state index contributed by atoms with van der Waals surface area (Å²) in [4.78, 5) is 2.39. The Bertz CT molecular complexity index is 65.7. The molecular formula is C8H18BrN. The second-order valence-corrected chi connectivity index (χ2v) is 3.60. The molecule has 62 valence electrons. The maximum absolute atomic E-state index is 3.43. The van der Waals surface area contributed by atoms with Crippen molar-refractivity contribution in [3.63, 3.8) is 0 Å². The number of alkyl halides is 1. The van der Waals surface area contributed by atoms with E-state index in [0.29, 0.717) is 0 Å². The highest BCUT2D eigenvalue weighted by atomic mass is 79.9. The van der Waals surface area contributed by atoms with Crippen LogP contribution >= 0.6 is 15.9 Å². The zero-order chi connectivity index (χ0) is 7.98. The first kappa shape index (κ1) is 10.4. The second-order valence-electron chi connectivity index (χ2n) is 2.81. The minimum atomic E-state index is 0.738. The summed E-state index contributed by atoms with van der Waals surface area (Å²) in [5.74, 6) is 0. The van der Waals surface area contributed by atoms with Gasteiger partial charge in [-0.05, 0) is 20.4 Å². The Balaban J connectivity index is 3.38. The Morgan fingerprint density at radius 1 is 1.50 bits per heavy atom. The Morgan fingerprint density at radius 2 is 2.10 bits per heavy atom. The van der Waals surface area contributed by atoms with E-state index >= 15 is 0 Å².